The first-order chi connectivity index (χ1) is 28.3. The number of para-hydroxylation sites is 1. The molecule has 5 amide bonds. The van der Waals surface area contributed by atoms with E-state index in [2.05, 4.69) is 56.4 Å². The third-order valence-electron chi connectivity index (χ3n) is 15.0. The van der Waals surface area contributed by atoms with Gasteiger partial charge in [-0.1, -0.05) is 78.5 Å². The number of hydrogen-bond acceptors (Lipinski definition) is 10. The number of nitrogens with zero attached hydrogens (tertiary/aromatic N) is 3. The number of likely N-dealkylation sites (tertiary alicyclic amines) is 1. The normalized spacial score (nSPS) is 27.5. The molecular weight excluding hydrogens is 785 g/mol. The molecule has 2 spiro atoms. The van der Waals surface area contributed by atoms with Crippen LogP contribution in [0.4, 0.5) is 5.69 Å². The number of anilines is 1. The predicted octanol–water partition coefficient (Wildman–Crippen LogP) is 4.09. The zero-order valence-electron chi connectivity index (χ0n) is 35.6. The van der Waals surface area contributed by atoms with Crippen LogP contribution in [0.5, 0.6) is 0 Å². The van der Waals surface area contributed by atoms with E-state index < -0.39 is 74.6 Å². The summed E-state index contributed by atoms with van der Waals surface area (Å²) in [5, 5.41) is 11.7. The van der Waals surface area contributed by atoms with Crippen molar-refractivity contribution in [1.29, 1.82) is 0 Å². The van der Waals surface area contributed by atoms with E-state index in [1.165, 1.54) is 30.7 Å². The maximum Gasteiger partial charge on any atom is 0.272 e. The SMILES string of the molecule is C=C[C@@H]1C[C@]1(NC(=O)[C@@H]1C[C@@]2(CN1C(=O)[C@@H](NC(=O)[C@@H](NC(=O)c1cnccn1)C1CCCCC1)C(C)(C)C)C(C)(C)C21CCC1)C(=O)NS(=O)(=O)c1ccccc1NC. The van der Waals surface area contributed by atoms with Crippen LogP contribution in [0.25, 0.3) is 0 Å². The number of aromatic nitrogens is 2. The second kappa shape index (κ2) is 15.6. The summed E-state index contributed by atoms with van der Waals surface area (Å²) in [4.78, 5) is 81.5. The van der Waals surface area contributed by atoms with Crippen LogP contribution >= 0.6 is 0 Å². The van der Waals surface area contributed by atoms with E-state index in [9.17, 15) is 27.6 Å². The number of rotatable bonds is 13. The molecule has 7 rings (SSSR count). The first kappa shape index (κ1) is 43.2. The molecule has 4 saturated carbocycles. The summed E-state index contributed by atoms with van der Waals surface area (Å²) in [7, 11) is -2.78. The van der Waals surface area contributed by atoms with Crippen molar-refractivity contribution in [2.75, 3.05) is 18.9 Å². The van der Waals surface area contributed by atoms with Gasteiger partial charge in [0.15, 0.2) is 0 Å². The zero-order chi connectivity index (χ0) is 43.5. The van der Waals surface area contributed by atoms with E-state index in [1.807, 2.05) is 20.8 Å². The molecule has 16 heteroatoms. The fourth-order valence-electron chi connectivity index (χ4n) is 11.1. The van der Waals surface area contributed by atoms with Gasteiger partial charge in [-0.15, -0.1) is 6.58 Å². The van der Waals surface area contributed by atoms with Crippen LogP contribution in [-0.4, -0.2) is 90.1 Å². The van der Waals surface area contributed by atoms with Gasteiger partial charge in [0.25, 0.3) is 21.8 Å². The van der Waals surface area contributed by atoms with Gasteiger partial charge in [-0.05, 0) is 72.8 Å². The Morgan fingerprint density at radius 3 is 2.22 bits per heavy atom. The Kier molecular flexibility index (Phi) is 11.2. The highest BCUT2D eigenvalue weighted by molar-refractivity contribution is 7.90. The average molecular weight is 845 g/mol. The predicted molar refractivity (Wildman–Crippen MR) is 224 cm³/mol. The number of nitrogens with one attached hydrogen (secondary N) is 5. The van der Waals surface area contributed by atoms with Crippen molar-refractivity contribution in [3.05, 3.63) is 61.2 Å². The molecule has 324 valence electrons. The molecule has 0 bridgehead atoms. The van der Waals surface area contributed by atoms with Gasteiger partial charge >= 0.3 is 0 Å². The highest BCUT2D eigenvalue weighted by atomic mass is 32.2. The van der Waals surface area contributed by atoms with Gasteiger partial charge in [-0.3, -0.25) is 29.0 Å². The Bertz CT molecular complexity index is 2160. The van der Waals surface area contributed by atoms with Crippen molar-refractivity contribution in [3.8, 4) is 0 Å². The second-order valence-corrected chi connectivity index (χ2v) is 20.9. The summed E-state index contributed by atoms with van der Waals surface area (Å²) in [6.45, 7) is 14.1. The standard InChI is InChI=1S/C44H60N8O7S/c1-8-28-23-44(28,39(57)51-60(58,59)32-18-13-12-17-29(32)45-7)50-36(54)31-24-43(41(5,6)42(43)19-14-20-42)26-52(31)38(56)34(40(2,3)4)49-37(55)33(27-15-10-9-11-16-27)48-35(53)30-25-46-21-22-47-30/h8,12-13,17-18,21-22,25,27-28,31,33-34,45H,1,9-11,14-16,19-20,23-24,26H2,2-7H3,(H,48,53)(H,49,55)(H,50,54)(H,51,57)/t28-,31+,33+,34-,43-,44-/m1/s1. The van der Waals surface area contributed by atoms with Crippen molar-refractivity contribution in [1.82, 2.24) is 35.5 Å². The van der Waals surface area contributed by atoms with Gasteiger partial charge in [0.05, 0.1) is 11.9 Å². The zero-order valence-corrected chi connectivity index (χ0v) is 36.4. The highest BCUT2D eigenvalue weighted by Crippen LogP contribution is 2.88. The van der Waals surface area contributed by atoms with Gasteiger partial charge in [-0.2, -0.15) is 0 Å². The molecule has 0 radical (unpaired) electrons. The van der Waals surface area contributed by atoms with Gasteiger partial charge in [0, 0.05) is 37.3 Å². The van der Waals surface area contributed by atoms with Gasteiger partial charge in [0.2, 0.25) is 17.7 Å². The smallest absolute Gasteiger partial charge is 0.272 e. The molecule has 1 aromatic carbocycles. The minimum absolute atomic E-state index is 0.0577. The fraction of sp³-hybridized carbons (Fsp3) is 0.614. The first-order valence-electron chi connectivity index (χ1n) is 21.3. The number of fused-ring (bicyclic) bond motifs is 1. The fourth-order valence-corrected chi connectivity index (χ4v) is 12.4. The van der Waals surface area contributed by atoms with Crippen LogP contribution in [0.2, 0.25) is 0 Å². The minimum Gasteiger partial charge on any atom is -0.387 e. The number of amides is 5. The lowest BCUT2D eigenvalue weighted by Gasteiger charge is -2.38. The molecule has 5 N–H and O–H groups in total. The molecule has 2 heterocycles. The van der Waals surface area contributed by atoms with Crippen molar-refractivity contribution in [3.63, 3.8) is 0 Å². The third kappa shape index (κ3) is 7.15. The van der Waals surface area contributed by atoms with E-state index in [0.717, 1.165) is 51.4 Å². The summed E-state index contributed by atoms with van der Waals surface area (Å²) < 4.78 is 29.3. The van der Waals surface area contributed by atoms with E-state index in [1.54, 1.807) is 30.1 Å². The first-order valence-corrected chi connectivity index (χ1v) is 22.7. The maximum absolute atomic E-state index is 15.2. The second-order valence-electron chi connectivity index (χ2n) is 19.3. The summed E-state index contributed by atoms with van der Waals surface area (Å²) in [5.41, 5.74) is -2.68. The van der Waals surface area contributed by atoms with Crippen LogP contribution < -0.4 is 26.0 Å². The lowest BCUT2D eigenvalue weighted by molar-refractivity contribution is -0.145. The Balaban J connectivity index is 1.17. The number of carbonyl (C=O) groups excluding carboxylic acids is 5. The maximum atomic E-state index is 15.2. The van der Waals surface area contributed by atoms with E-state index in [4.69, 9.17) is 0 Å². The number of hydrogen-bond donors (Lipinski definition) is 5. The third-order valence-corrected chi connectivity index (χ3v) is 16.4. The Morgan fingerprint density at radius 2 is 1.65 bits per heavy atom. The van der Waals surface area contributed by atoms with E-state index in [0.29, 0.717) is 12.1 Å². The summed E-state index contributed by atoms with van der Waals surface area (Å²) in [6.07, 6.45) is 13.5. The van der Waals surface area contributed by atoms with Crippen LogP contribution in [0.1, 0.15) is 109 Å². The molecule has 5 fully saturated rings. The number of carbonyl (C=O) groups is 5. The monoisotopic (exact) mass is 844 g/mol. The van der Waals surface area contributed by atoms with Crippen LogP contribution in [-0.2, 0) is 29.2 Å². The van der Waals surface area contributed by atoms with E-state index in [-0.39, 0.29) is 45.7 Å². The number of benzene rings is 1. The molecule has 0 unspecified atom stereocenters. The van der Waals surface area contributed by atoms with Crippen molar-refractivity contribution < 1.29 is 32.4 Å². The number of sulfonamides is 1. The average Bonchev–Trinajstić information content (AvgIpc) is 3.93. The molecule has 1 saturated heterocycles. The van der Waals surface area contributed by atoms with Crippen molar-refractivity contribution in [2.24, 2.45) is 33.5 Å². The highest BCUT2D eigenvalue weighted by Gasteiger charge is 2.85. The van der Waals surface area contributed by atoms with Crippen molar-refractivity contribution in [2.45, 2.75) is 127 Å². The van der Waals surface area contributed by atoms with Crippen LogP contribution in [0.15, 0.2) is 60.4 Å². The lowest BCUT2D eigenvalue weighted by atomic mass is 9.73. The quantitative estimate of drug-likeness (QED) is 0.183. The summed E-state index contributed by atoms with van der Waals surface area (Å²) in [6, 6.07) is 3.14. The van der Waals surface area contributed by atoms with Gasteiger partial charge in [0.1, 0.15) is 34.3 Å². The van der Waals surface area contributed by atoms with Crippen LogP contribution in [0.3, 0.4) is 0 Å². The molecule has 2 aromatic rings. The van der Waals surface area contributed by atoms with Crippen LogP contribution in [0, 0.1) is 33.5 Å². The molecule has 1 aliphatic heterocycles. The molecule has 5 aliphatic rings. The van der Waals surface area contributed by atoms with Gasteiger partial charge < -0.3 is 26.2 Å². The Labute approximate surface area is 353 Å². The molecule has 1 aromatic heterocycles. The summed E-state index contributed by atoms with van der Waals surface area (Å²) in [5.74, 6) is -3.65. The van der Waals surface area contributed by atoms with E-state index >= 15 is 4.79 Å². The molecule has 15 nitrogen and oxygen atoms in total. The Morgan fingerprint density at radius 1 is 0.950 bits per heavy atom. The van der Waals surface area contributed by atoms with Crippen molar-refractivity contribution >= 4 is 45.2 Å². The molecule has 60 heavy (non-hydrogen) atoms. The van der Waals surface area contributed by atoms with Gasteiger partial charge in [-0.25, -0.2) is 18.1 Å². The largest absolute Gasteiger partial charge is 0.387 e. The molecule has 6 atom stereocenters. The molecular formula is C44H60N8O7S. The topological polar surface area (TPSA) is 209 Å². The summed E-state index contributed by atoms with van der Waals surface area (Å²) >= 11 is 0. The minimum atomic E-state index is -4.35. The Hall–Kier alpha value is -4.86. The lowest BCUT2D eigenvalue weighted by Crippen LogP contribution is -2.62. The molecule has 4 aliphatic carbocycles.